The second-order valence-corrected chi connectivity index (χ2v) is 3.20. The molecule has 1 aromatic carbocycles. The van der Waals surface area contributed by atoms with Gasteiger partial charge in [0.25, 0.3) is 0 Å². The molecule has 0 fully saturated rings. The molecule has 0 unspecified atom stereocenters. The molecule has 0 atom stereocenters. The summed E-state index contributed by atoms with van der Waals surface area (Å²) in [4.78, 5) is 3.91. The van der Waals surface area contributed by atoms with Crippen LogP contribution in [0.3, 0.4) is 0 Å². The molecule has 1 N–H and O–H groups in total. The van der Waals surface area contributed by atoms with Crippen LogP contribution >= 0.6 is 0 Å². The molecule has 4 heteroatoms. The van der Waals surface area contributed by atoms with E-state index in [4.69, 9.17) is 0 Å². The minimum Gasteiger partial charge on any atom is -0.388 e. The van der Waals surface area contributed by atoms with Crippen molar-refractivity contribution in [2.24, 2.45) is 10.2 Å². The topological polar surface area (TPSA) is 49.6 Å². The Kier molecular flexibility index (Phi) is 3.23. The van der Waals surface area contributed by atoms with E-state index in [1.165, 1.54) is 0 Å². The Morgan fingerprint density at radius 2 is 1.44 bits per heavy atom. The zero-order chi connectivity index (χ0) is 11.2. The van der Waals surface area contributed by atoms with Gasteiger partial charge in [0.05, 0.1) is 11.4 Å². The molecule has 0 aliphatic rings. The van der Waals surface area contributed by atoms with E-state index in [0.717, 1.165) is 17.1 Å². The van der Waals surface area contributed by atoms with E-state index in [0.29, 0.717) is 0 Å². The number of hydrogen-bond donors (Lipinski definition) is 1. The number of hydrogen-bond acceptors (Lipinski definition) is 4. The van der Waals surface area contributed by atoms with Gasteiger partial charge in [-0.3, -0.25) is 4.98 Å². The second kappa shape index (κ2) is 5.02. The quantitative estimate of drug-likeness (QED) is 0.791. The first kappa shape index (κ1) is 10.3. The first-order chi connectivity index (χ1) is 7.88. The van der Waals surface area contributed by atoms with Crippen molar-refractivity contribution in [3.63, 3.8) is 0 Å². The number of aromatic nitrogens is 1. The molecule has 2 rings (SSSR count). The van der Waals surface area contributed by atoms with Crippen LogP contribution in [0.15, 0.2) is 59.0 Å². The van der Waals surface area contributed by atoms with Crippen LogP contribution < -0.4 is 5.32 Å². The highest BCUT2D eigenvalue weighted by atomic mass is 15.1. The standard InChI is InChI=1S/C12H12N4/c1-13-10-2-4-11(5-3-10)15-16-12-6-8-14-9-7-12/h2-9,13H,1H3. The van der Waals surface area contributed by atoms with Crippen molar-refractivity contribution in [2.45, 2.75) is 0 Å². The molecule has 0 aliphatic carbocycles. The Morgan fingerprint density at radius 1 is 0.875 bits per heavy atom. The summed E-state index contributed by atoms with van der Waals surface area (Å²) in [5.41, 5.74) is 2.69. The van der Waals surface area contributed by atoms with Crippen LogP contribution in [-0.2, 0) is 0 Å². The highest BCUT2D eigenvalue weighted by molar-refractivity contribution is 5.50. The van der Waals surface area contributed by atoms with Crippen molar-refractivity contribution in [1.82, 2.24) is 4.98 Å². The highest BCUT2D eigenvalue weighted by Crippen LogP contribution is 2.19. The van der Waals surface area contributed by atoms with Crippen molar-refractivity contribution in [1.29, 1.82) is 0 Å². The van der Waals surface area contributed by atoms with Gasteiger partial charge in [0.2, 0.25) is 0 Å². The van der Waals surface area contributed by atoms with E-state index >= 15 is 0 Å². The van der Waals surface area contributed by atoms with Crippen LogP contribution in [0.5, 0.6) is 0 Å². The summed E-state index contributed by atoms with van der Waals surface area (Å²) >= 11 is 0. The smallest absolute Gasteiger partial charge is 0.0887 e. The third-order valence-corrected chi connectivity index (χ3v) is 2.10. The lowest BCUT2D eigenvalue weighted by Crippen LogP contribution is -1.84. The van der Waals surface area contributed by atoms with Crippen LogP contribution in [0, 0.1) is 0 Å². The van der Waals surface area contributed by atoms with Crippen LogP contribution in [0.1, 0.15) is 0 Å². The average molecular weight is 212 g/mol. The number of azo groups is 1. The molecule has 1 aromatic heterocycles. The predicted molar refractivity (Wildman–Crippen MR) is 64.4 cm³/mol. The zero-order valence-corrected chi connectivity index (χ0v) is 8.96. The van der Waals surface area contributed by atoms with Gasteiger partial charge in [-0.2, -0.15) is 10.2 Å². The maximum absolute atomic E-state index is 4.12. The first-order valence-corrected chi connectivity index (χ1v) is 4.98. The molecule has 2 aromatic rings. The van der Waals surface area contributed by atoms with E-state index in [2.05, 4.69) is 20.5 Å². The molecule has 0 amide bonds. The van der Waals surface area contributed by atoms with Gasteiger partial charge in [0.1, 0.15) is 0 Å². The summed E-state index contributed by atoms with van der Waals surface area (Å²) in [6.45, 7) is 0. The Morgan fingerprint density at radius 3 is 2.00 bits per heavy atom. The summed E-state index contributed by atoms with van der Waals surface area (Å²) in [6.07, 6.45) is 3.39. The largest absolute Gasteiger partial charge is 0.388 e. The van der Waals surface area contributed by atoms with Gasteiger partial charge >= 0.3 is 0 Å². The van der Waals surface area contributed by atoms with Gasteiger partial charge in [-0.05, 0) is 36.4 Å². The zero-order valence-electron chi connectivity index (χ0n) is 8.96. The van der Waals surface area contributed by atoms with E-state index < -0.39 is 0 Å². The lowest BCUT2D eigenvalue weighted by molar-refractivity contribution is 1.21. The van der Waals surface area contributed by atoms with Crippen molar-refractivity contribution in [3.05, 3.63) is 48.8 Å². The molecule has 16 heavy (non-hydrogen) atoms. The molecule has 4 nitrogen and oxygen atoms in total. The molecule has 1 heterocycles. The minimum absolute atomic E-state index is 0.799. The van der Waals surface area contributed by atoms with Gasteiger partial charge in [0.15, 0.2) is 0 Å². The molecule has 80 valence electrons. The number of benzene rings is 1. The fraction of sp³-hybridized carbons (Fsp3) is 0.0833. The predicted octanol–water partition coefficient (Wildman–Crippen LogP) is 3.54. The van der Waals surface area contributed by atoms with Crippen molar-refractivity contribution >= 4 is 17.1 Å². The van der Waals surface area contributed by atoms with Crippen LogP contribution in [0.25, 0.3) is 0 Å². The maximum atomic E-state index is 4.12. The van der Waals surface area contributed by atoms with Crippen molar-refractivity contribution in [3.8, 4) is 0 Å². The van der Waals surface area contributed by atoms with E-state index in [-0.39, 0.29) is 0 Å². The lowest BCUT2D eigenvalue weighted by atomic mass is 10.3. The molecular weight excluding hydrogens is 200 g/mol. The van der Waals surface area contributed by atoms with Gasteiger partial charge in [-0.25, -0.2) is 0 Å². The van der Waals surface area contributed by atoms with E-state index in [1.807, 2.05) is 43.4 Å². The van der Waals surface area contributed by atoms with E-state index in [1.54, 1.807) is 12.4 Å². The summed E-state index contributed by atoms with van der Waals surface area (Å²) in [5.74, 6) is 0. The number of pyridine rings is 1. The fourth-order valence-electron chi connectivity index (χ4n) is 1.22. The number of nitrogens with one attached hydrogen (secondary N) is 1. The van der Waals surface area contributed by atoms with Crippen molar-refractivity contribution < 1.29 is 0 Å². The normalized spacial score (nSPS) is 10.6. The average Bonchev–Trinajstić information content (AvgIpc) is 2.38. The van der Waals surface area contributed by atoms with Crippen LogP contribution in [0.2, 0.25) is 0 Å². The lowest BCUT2D eigenvalue weighted by Gasteiger charge is -1.98. The Labute approximate surface area is 94.1 Å². The Hall–Kier alpha value is -2.23. The monoisotopic (exact) mass is 212 g/mol. The highest BCUT2D eigenvalue weighted by Gasteiger charge is 1.91. The minimum atomic E-state index is 0.799. The van der Waals surface area contributed by atoms with Gasteiger partial charge < -0.3 is 5.32 Å². The molecule has 0 radical (unpaired) electrons. The first-order valence-electron chi connectivity index (χ1n) is 4.98. The fourth-order valence-corrected chi connectivity index (χ4v) is 1.22. The van der Waals surface area contributed by atoms with Gasteiger partial charge in [0, 0.05) is 25.1 Å². The summed E-state index contributed by atoms with van der Waals surface area (Å²) in [6, 6.07) is 11.4. The number of anilines is 1. The molecule has 0 saturated heterocycles. The van der Waals surface area contributed by atoms with Crippen molar-refractivity contribution in [2.75, 3.05) is 12.4 Å². The van der Waals surface area contributed by atoms with Gasteiger partial charge in [-0.1, -0.05) is 0 Å². The Bertz CT molecular complexity index is 462. The van der Waals surface area contributed by atoms with Crippen LogP contribution in [0.4, 0.5) is 17.1 Å². The summed E-state index contributed by atoms with van der Waals surface area (Å²) in [5, 5.41) is 11.3. The SMILES string of the molecule is CNc1ccc(N=Nc2ccncc2)cc1. The second-order valence-electron chi connectivity index (χ2n) is 3.20. The molecule has 0 aliphatic heterocycles. The number of nitrogens with zero attached hydrogens (tertiary/aromatic N) is 3. The number of rotatable bonds is 3. The molecule has 0 spiro atoms. The maximum Gasteiger partial charge on any atom is 0.0887 e. The van der Waals surface area contributed by atoms with Crippen LogP contribution in [-0.4, -0.2) is 12.0 Å². The van der Waals surface area contributed by atoms with Gasteiger partial charge in [-0.15, -0.1) is 0 Å². The Balaban J connectivity index is 2.12. The molecule has 0 bridgehead atoms. The molecule has 0 saturated carbocycles. The summed E-state index contributed by atoms with van der Waals surface area (Å²) in [7, 11) is 1.88. The van der Waals surface area contributed by atoms with E-state index in [9.17, 15) is 0 Å². The third kappa shape index (κ3) is 2.63. The molecular formula is C12H12N4. The third-order valence-electron chi connectivity index (χ3n) is 2.10. The summed E-state index contributed by atoms with van der Waals surface area (Å²) < 4.78 is 0.